The fourth-order valence-electron chi connectivity index (χ4n) is 6.27. The maximum absolute atomic E-state index is 12.9. The number of aryl methyl sites for hydroxylation is 1. The monoisotopic (exact) mass is 482 g/mol. The number of piperidine rings is 1. The number of rotatable bonds is 5. The minimum Gasteiger partial charge on any atom is -0.394 e. The van der Waals surface area contributed by atoms with E-state index in [1.807, 2.05) is 12.1 Å². The summed E-state index contributed by atoms with van der Waals surface area (Å²) in [6.07, 6.45) is 5.53. The van der Waals surface area contributed by atoms with Crippen LogP contribution in [0.3, 0.4) is 0 Å². The van der Waals surface area contributed by atoms with Gasteiger partial charge in [0.2, 0.25) is 0 Å². The third-order valence-corrected chi connectivity index (χ3v) is 9.90. The van der Waals surface area contributed by atoms with Crippen molar-refractivity contribution in [3.8, 4) is 6.07 Å². The van der Waals surface area contributed by atoms with Crippen molar-refractivity contribution in [1.82, 2.24) is 4.98 Å². The highest BCUT2D eigenvalue weighted by Gasteiger charge is 2.47. The van der Waals surface area contributed by atoms with Gasteiger partial charge >= 0.3 is 0 Å². The van der Waals surface area contributed by atoms with Crippen LogP contribution in [0.25, 0.3) is 0 Å². The molecule has 172 valence electrons. The lowest BCUT2D eigenvalue weighted by atomic mass is 9.77. The fourth-order valence-corrected chi connectivity index (χ4v) is 7.77. The zero-order valence-corrected chi connectivity index (χ0v) is 20.0. The van der Waals surface area contributed by atoms with E-state index >= 15 is 0 Å². The predicted octanol–water partition coefficient (Wildman–Crippen LogP) is 3.98. The van der Waals surface area contributed by atoms with Gasteiger partial charge in [0.25, 0.3) is 0 Å². The second-order valence-corrected chi connectivity index (χ2v) is 11.9. The predicted molar refractivity (Wildman–Crippen MR) is 129 cm³/mol. The summed E-state index contributed by atoms with van der Waals surface area (Å²) in [6.45, 7) is 0.875. The molecular formula is C25H27ClN4O2S. The number of hydrogen-bond donors (Lipinski definition) is 2. The Morgan fingerprint density at radius 3 is 2.70 bits per heavy atom. The second-order valence-electron chi connectivity index (χ2n) is 9.99. The van der Waals surface area contributed by atoms with Crippen molar-refractivity contribution >= 4 is 33.9 Å². The quantitative estimate of drug-likeness (QED) is 0.670. The van der Waals surface area contributed by atoms with Crippen molar-refractivity contribution in [1.29, 1.82) is 5.26 Å². The molecule has 2 aliphatic heterocycles. The summed E-state index contributed by atoms with van der Waals surface area (Å²) < 4.78 is 12.9. The molecule has 2 N–H and O–H groups in total. The van der Waals surface area contributed by atoms with E-state index < -0.39 is 16.3 Å². The Kier molecular flexibility index (Phi) is 5.17. The van der Waals surface area contributed by atoms with Crippen molar-refractivity contribution in [2.45, 2.75) is 60.9 Å². The molecule has 0 spiro atoms. The zero-order chi connectivity index (χ0) is 22.7. The van der Waals surface area contributed by atoms with Crippen LogP contribution in [0.15, 0.2) is 29.2 Å². The number of pyridine rings is 1. The highest BCUT2D eigenvalue weighted by molar-refractivity contribution is 7.85. The molecule has 1 saturated heterocycles. The second kappa shape index (κ2) is 7.97. The lowest BCUT2D eigenvalue weighted by Gasteiger charge is -2.42. The molecule has 1 aromatic carbocycles. The van der Waals surface area contributed by atoms with Gasteiger partial charge in [0.05, 0.1) is 39.2 Å². The molecule has 8 heteroatoms. The normalized spacial score (nSPS) is 28.9. The largest absolute Gasteiger partial charge is 0.394 e. The van der Waals surface area contributed by atoms with E-state index in [1.54, 1.807) is 0 Å². The molecule has 6 rings (SSSR count). The number of aromatic nitrogens is 1. The number of benzene rings is 1. The maximum Gasteiger partial charge on any atom is 0.149 e. The SMILES string of the molecule is N#Cc1c(N2CC3CC2CC3c2ccc(Cl)cc2)nc2c(c1NC1(CO)CCC1)[S@@](=O)CC2. The fraction of sp³-hybridized carbons (Fsp3) is 0.520. The number of nitriles is 1. The van der Waals surface area contributed by atoms with E-state index in [-0.39, 0.29) is 6.61 Å². The van der Waals surface area contributed by atoms with Gasteiger partial charge in [-0.25, -0.2) is 4.98 Å². The molecule has 2 aliphatic carbocycles. The summed E-state index contributed by atoms with van der Waals surface area (Å²) in [5.41, 5.74) is 2.89. The summed E-state index contributed by atoms with van der Waals surface area (Å²) in [7, 11) is -1.17. The van der Waals surface area contributed by atoms with Gasteiger partial charge in [-0.05, 0) is 61.6 Å². The van der Waals surface area contributed by atoms with E-state index in [9.17, 15) is 14.6 Å². The van der Waals surface area contributed by atoms with Gasteiger partial charge in [-0.1, -0.05) is 23.7 Å². The highest BCUT2D eigenvalue weighted by Crippen LogP contribution is 2.51. The summed E-state index contributed by atoms with van der Waals surface area (Å²) in [4.78, 5) is 7.93. The Morgan fingerprint density at radius 1 is 1.30 bits per heavy atom. The number of halogens is 1. The third kappa shape index (κ3) is 3.38. The van der Waals surface area contributed by atoms with Gasteiger partial charge in [0, 0.05) is 29.8 Å². The number of aliphatic hydroxyl groups is 1. The van der Waals surface area contributed by atoms with Crippen LogP contribution in [-0.4, -0.2) is 44.8 Å². The van der Waals surface area contributed by atoms with Crippen molar-refractivity contribution in [3.63, 3.8) is 0 Å². The smallest absolute Gasteiger partial charge is 0.149 e. The molecule has 6 nitrogen and oxygen atoms in total. The molecule has 0 radical (unpaired) electrons. The van der Waals surface area contributed by atoms with Crippen LogP contribution in [0, 0.1) is 17.2 Å². The number of fused-ring (bicyclic) bond motifs is 3. The van der Waals surface area contributed by atoms with Crippen LogP contribution < -0.4 is 10.2 Å². The molecule has 2 saturated carbocycles. The highest BCUT2D eigenvalue weighted by atomic mass is 35.5. The first-order valence-corrected chi connectivity index (χ1v) is 13.5. The Bertz CT molecular complexity index is 1170. The first-order chi connectivity index (χ1) is 16.0. The van der Waals surface area contributed by atoms with Crippen molar-refractivity contribution in [3.05, 3.63) is 46.1 Å². The molecular weight excluding hydrogens is 456 g/mol. The van der Waals surface area contributed by atoms with E-state index in [0.29, 0.717) is 46.2 Å². The van der Waals surface area contributed by atoms with Gasteiger partial charge in [0.15, 0.2) is 0 Å². The van der Waals surface area contributed by atoms with Gasteiger partial charge in [-0.15, -0.1) is 0 Å². The third-order valence-electron chi connectivity index (χ3n) is 8.18. The average molecular weight is 483 g/mol. The zero-order valence-electron chi connectivity index (χ0n) is 18.4. The van der Waals surface area contributed by atoms with E-state index in [0.717, 1.165) is 55.2 Å². The average Bonchev–Trinajstić information content (AvgIpc) is 3.50. The summed E-state index contributed by atoms with van der Waals surface area (Å²) in [5.74, 6) is 2.29. The van der Waals surface area contributed by atoms with Crippen LogP contribution in [0.1, 0.15) is 54.8 Å². The van der Waals surface area contributed by atoms with Crippen LogP contribution >= 0.6 is 11.6 Å². The Hall–Kier alpha value is -2.14. The van der Waals surface area contributed by atoms with Crippen LogP contribution in [0.4, 0.5) is 11.5 Å². The molecule has 3 fully saturated rings. The molecule has 33 heavy (non-hydrogen) atoms. The summed E-state index contributed by atoms with van der Waals surface area (Å²) >= 11 is 6.09. The van der Waals surface area contributed by atoms with Gasteiger partial charge in [0.1, 0.15) is 17.5 Å². The standard InChI is InChI=1S/C25H27ClN4O2S/c26-17-4-2-15(3-5-17)19-11-18-10-16(19)13-30(18)24-20(12-27)22(29-25(14-31)7-1-8-25)23-21(28-24)6-9-33(23)32/h2-5,16,18-19,31H,1,6-11,13-14H2,(H,28,29)/t16?,18?,19?,33-/m0/s1. The van der Waals surface area contributed by atoms with Crippen LogP contribution in [0.2, 0.25) is 5.02 Å². The number of nitrogens with one attached hydrogen (secondary N) is 1. The van der Waals surface area contributed by atoms with Crippen LogP contribution in [-0.2, 0) is 17.2 Å². The molecule has 2 bridgehead atoms. The summed E-state index contributed by atoms with van der Waals surface area (Å²) in [5, 5.41) is 24.5. The Labute approximate surface area is 201 Å². The molecule has 2 aromatic rings. The summed E-state index contributed by atoms with van der Waals surface area (Å²) in [6, 6.07) is 10.9. The molecule has 1 aromatic heterocycles. The van der Waals surface area contributed by atoms with E-state index in [1.165, 1.54) is 5.56 Å². The van der Waals surface area contributed by atoms with E-state index in [2.05, 4.69) is 28.4 Å². The van der Waals surface area contributed by atoms with E-state index in [4.69, 9.17) is 16.6 Å². The minimum absolute atomic E-state index is 0.00805. The lowest BCUT2D eigenvalue weighted by Crippen LogP contribution is -2.48. The minimum atomic E-state index is -1.17. The van der Waals surface area contributed by atoms with Crippen molar-refractivity contribution in [2.75, 3.05) is 29.1 Å². The molecule has 4 atom stereocenters. The topological polar surface area (TPSA) is 89.2 Å². The molecule has 3 unspecified atom stereocenters. The lowest BCUT2D eigenvalue weighted by molar-refractivity contribution is 0.144. The van der Waals surface area contributed by atoms with Gasteiger partial charge in [-0.2, -0.15) is 5.26 Å². The molecule has 4 aliphatic rings. The number of aliphatic hydroxyl groups excluding tert-OH is 1. The first-order valence-electron chi connectivity index (χ1n) is 11.8. The van der Waals surface area contributed by atoms with Crippen LogP contribution in [0.5, 0.6) is 0 Å². The van der Waals surface area contributed by atoms with Crippen molar-refractivity contribution in [2.24, 2.45) is 5.92 Å². The Morgan fingerprint density at radius 2 is 2.09 bits per heavy atom. The van der Waals surface area contributed by atoms with Gasteiger partial charge in [-0.3, -0.25) is 4.21 Å². The maximum atomic E-state index is 12.9. The molecule has 3 heterocycles. The first kappa shape index (κ1) is 21.4. The van der Waals surface area contributed by atoms with Gasteiger partial charge < -0.3 is 15.3 Å². The number of nitrogens with zero attached hydrogens (tertiary/aromatic N) is 3. The molecule has 0 amide bonds. The van der Waals surface area contributed by atoms with Crippen molar-refractivity contribution < 1.29 is 9.32 Å². The number of anilines is 2. The number of hydrogen-bond acceptors (Lipinski definition) is 6. The Balaban J connectivity index is 1.36.